The second-order valence-electron chi connectivity index (χ2n) is 4.95. The third-order valence-corrected chi connectivity index (χ3v) is 3.96. The van der Waals surface area contributed by atoms with E-state index < -0.39 is 0 Å². The van der Waals surface area contributed by atoms with Gasteiger partial charge in [-0.1, -0.05) is 29.8 Å². The number of carbonyl (C=O) groups excluding carboxylic acids is 1. The first kappa shape index (κ1) is 15.3. The lowest BCUT2D eigenvalue weighted by Gasteiger charge is -2.33. The van der Waals surface area contributed by atoms with Gasteiger partial charge in [0.2, 0.25) is 5.91 Å². The van der Waals surface area contributed by atoms with E-state index in [0.29, 0.717) is 31.3 Å². The number of morpholine rings is 1. The molecule has 1 fully saturated rings. The molecule has 0 aliphatic carbocycles. The van der Waals surface area contributed by atoms with Gasteiger partial charge < -0.3 is 15.0 Å². The minimum atomic E-state index is -0.272. The lowest BCUT2D eigenvalue weighted by Crippen LogP contribution is -2.56. The molecule has 1 aromatic rings. The van der Waals surface area contributed by atoms with Crippen LogP contribution < -0.4 is 5.32 Å². The zero-order valence-electron chi connectivity index (χ0n) is 11.9. The summed E-state index contributed by atoms with van der Waals surface area (Å²) in [6.07, 6.45) is -0.100. The van der Waals surface area contributed by atoms with Crippen LogP contribution in [-0.4, -0.2) is 42.6 Å². The zero-order valence-corrected chi connectivity index (χ0v) is 12.7. The minimum absolute atomic E-state index is 0.0691. The van der Waals surface area contributed by atoms with Gasteiger partial charge in [0.1, 0.15) is 6.04 Å². The highest BCUT2D eigenvalue weighted by molar-refractivity contribution is 6.31. The average Bonchev–Trinajstić information content (AvgIpc) is 2.46. The number of amides is 1. The molecule has 110 valence electrons. The van der Waals surface area contributed by atoms with Crippen molar-refractivity contribution < 1.29 is 9.53 Å². The van der Waals surface area contributed by atoms with Gasteiger partial charge >= 0.3 is 0 Å². The first-order valence-corrected chi connectivity index (χ1v) is 7.38. The molecule has 0 unspecified atom stereocenters. The lowest BCUT2D eigenvalue weighted by atomic mass is 10.1. The van der Waals surface area contributed by atoms with E-state index in [1.807, 2.05) is 43.0 Å². The van der Waals surface area contributed by atoms with Gasteiger partial charge in [0.15, 0.2) is 0 Å². The molecule has 0 spiro atoms. The first-order chi connectivity index (χ1) is 9.63. The van der Waals surface area contributed by atoms with Gasteiger partial charge in [0, 0.05) is 24.7 Å². The number of carbonyl (C=O) groups is 1. The number of rotatable bonds is 4. The van der Waals surface area contributed by atoms with Crippen molar-refractivity contribution in [3.63, 3.8) is 0 Å². The van der Waals surface area contributed by atoms with Crippen molar-refractivity contribution in [2.24, 2.45) is 0 Å². The molecule has 5 heteroatoms. The van der Waals surface area contributed by atoms with Crippen LogP contribution in [0.3, 0.4) is 0 Å². The maximum atomic E-state index is 12.6. The molecular formula is C15H21ClN2O2. The third-order valence-electron chi connectivity index (χ3n) is 3.59. The number of ether oxygens (including phenoxy) is 1. The van der Waals surface area contributed by atoms with Crippen molar-refractivity contribution in [3.8, 4) is 0 Å². The molecular weight excluding hydrogens is 276 g/mol. The van der Waals surface area contributed by atoms with Gasteiger partial charge in [0.05, 0.1) is 12.7 Å². The standard InChI is InChI=1S/C15H21ClN2O2/c1-3-18(10-12-6-4-5-7-13(12)16)15(19)14-11(2)20-9-8-17-14/h4-7,11,14,17H,3,8-10H2,1-2H3/t11-,14+/m1/s1. The van der Waals surface area contributed by atoms with Crippen molar-refractivity contribution in [1.82, 2.24) is 10.2 Å². The SMILES string of the molecule is CCN(Cc1ccccc1Cl)C(=O)[C@H]1NCCO[C@@H]1C. The van der Waals surface area contributed by atoms with Crippen LogP contribution in [0.25, 0.3) is 0 Å². The highest BCUT2D eigenvalue weighted by Gasteiger charge is 2.31. The van der Waals surface area contributed by atoms with Crippen molar-refractivity contribution in [2.75, 3.05) is 19.7 Å². The van der Waals surface area contributed by atoms with E-state index in [4.69, 9.17) is 16.3 Å². The maximum Gasteiger partial charge on any atom is 0.242 e. The molecule has 4 nitrogen and oxygen atoms in total. The Balaban J connectivity index is 2.07. The number of halogens is 1. The van der Waals surface area contributed by atoms with Gasteiger partial charge in [0.25, 0.3) is 0 Å². The second kappa shape index (κ2) is 7.07. The van der Waals surface area contributed by atoms with Gasteiger partial charge in [-0.15, -0.1) is 0 Å². The molecule has 1 aliphatic rings. The van der Waals surface area contributed by atoms with Crippen LogP contribution in [0.5, 0.6) is 0 Å². The number of likely N-dealkylation sites (N-methyl/N-ethyl adjacent to an activating group) is 1. The van der Waals surface area contributed by atoms with Crippen LogP contribution in [0.2, 0.25) is 5.02 Å². The van der Waals surface area contributed by atoms with E-state index in [0.717, 1.165) is 5.56 Å². The molecule has 1 aliphatic heterocycles. The molecule has 0 aromatic heterocycles. The molecule has 2 rings (SSSR count). The molecule has 1 aromatic carbocycles. The molecule has 0 bridgehead atoms. The second-order valence-corrected chi connectivity index (χ2v) is 5.36. The van der Waals surface area contributed by atoms with E-state index >= 15 is 0 Å². The van der Waals surface area contributed by atoms with Crippen LogP contribution in [0, 0.1) is 0 Å². The first-order valence-electron chi connectivity index (χ1n) is 7.00. The molecule has 1 amide bonds. The number of nitrogens with zero attached hydrogens (tertiary/aromatic N) is 1. The quantitative estimate of drug-likeness (QED) is 0.925. The Morgan fingerprint density at radius 1 is 1.50 bits per heavy atom. The Morgan fingerprint density at radius 3 is 2.90 bits per heavy atom. The summed E-state index contributed by atoms with van der Waals surface area (Å²) in [6, 6.07) is 7.35. The summed E-state index contributed by atoms with van der Waals surface area (Å²) >= 11 is 6.17. The Labute approximate surface area is 125 Å². The zero-order chi connectivity index (χ0) is 14.5. The van der Waals surface area contributed by atoms with Crippen LogP contribution in [-0.2, 0) is 16.1 Å². The summed E-state index contributed by atoms with van der Waals surface area (Å²) in [6.45, 7) is 6.45. The summed E-state index contributed by atoms with van der Waals surface area (Å²) in [7, 11) is 0. The fourth-order valence-electron chi connectivity index (χ4n) is 2.38. The Morgan fingerprint density at radius 2 is 2.25 bits per heavy atom. The Kier molecular flexibility index (Phi) is 5.40. The predicted molar refractivity (Wildman–Crippen MR) is 79.7 cm³/mol. The van der Waals surface area contributed by atoms with Crippen molar-refractivity contribution in [1.29, 1.82) is 0 Å². The molecule has 1 N–H and O–H groups in total. The number of benzene rings is 1. The van der Waals surface area contributed by atoms with Gasteiger partial charge in [-0.3, -0.25) is 4.79 Å². The molecule has 0 radical (unpaired) electrons. The maximum absolute atomic E-state index is 12.6. The molecule has 2 atom stereocenters. The molecule has 1 saturated heterocycles. The smallest absolute Gasteiger partial charge is 0.242 e. The summed E-state index contributed by atoms with van der Waals surface area (Å²) < 4.78 is 5.54. The van der Waals surface area contributed by atoms with Crippen LogP contribution >= 0.6 is 11.6 Å². The summed E-state index contributed by atoms with van der Waals surface area (Å²) in [4.78, 5) is 14.4. The predicted octanol–water partition coefficient (Wildman–Crippen LogP) is 2.07. The fourth-order valence-corrected chi connectivity index (χ4v) is 2.58. The monoisotopic (exact) mass is 296 g/mol. The van der Waals surface area contributed by atoms with Gasteiger partial charge in [-0.25, -0.2) is 0 Å². The average molecular weight is 297 g/mol. The Hall–Kier alpha value is -1.10. The third kappa shape index (κ3) is 3.51. The highest BCUT2D eigenvalue weighted by atomic mass is 35.5. The van der Waals surface area contributed by atoms with E-state index in [9.17, 15) is 4.79 Å². The normalized spacial score (nSPS) is 22.6. The minimum Gasteiger partial charge on any atom is -0.375 e. The van der Waals surface area contributed by atoms with Gasteiger partial charge in [-0.05, 0) is 25.5 Å². The molecule has 1 heterocycles. The van der Waals surface area contributed by atoms with Gasteiger partial charge in [-0.2, -0.15) is 0 Å². The highest BCUT2D eigenvalue weighted by Crippen LogP contribution is 2.18. The van der Waals surface area contributed by atoms with Crippen LogP contribution in [0.1, 0.15) is 19.4 Å². The Bertz CT molecular complexity index is 467. The van der Waals surface area contributed by atoms with Crippen molar-refractivity contribution in [3.05, 3.63) is 34.9 Å². The lowest BCUT2D eigenvalue weighted by molar-refractivity contribution is -0.139. The van der Waals surface area contributed by atoms with E-state index in [1.54, 1.807) is 0 Å². The van der Waals surface area contributed by atoms with Crippen LogP contribution in [0.15, 0.2) is 24.3 Å². The largest absolute Gasteiger partial charge is 0.375 e. The summed E-state index contributed by atoms with van der Waals surface area (Å²) in [5.41, 5.74) is 0.966. The van der Waals surface area contributed by atoms with Crippen molar-refractivity contribution in [2.45, 2.75) is 32.5 Å². The summed E-state index contributed by atoms with van der Waals surface area (Å²) in [5, 5.41) is 3.93. The molecule has 0 saturated carbocycles. The van der Waals surface area contributed by atoms with E-state index in [-0.39, 0.29) is 18.1 Å². The summed E-state index contributed by atoms with van der Waals surface area (Å²) in [5.74, 6) is 0.0691. The van der Waals surface area contributed by atoms with Crippen LogP contribution in [0.4, 0.5) is 0 Å². The number of hydrogen-bond donors (Lipinski definition) is 1. The van der Waals surface area contributed by atoms with Crippen molar-refractivity contribution >= 4 is 17.5 Å². The molecule has 20 heavy (non-hydrogen) atoms. The number of nitrogens with one attached hydrogen (secondary N) is 1. The number of hydrogen-bond acceptors (Lipinski definition) is 3. The van der Waals surface area contributed by atoms with E-state index in [2.05, 4.69) is 5.32 Å². The fraction of sp³-hybridized carbons (Fsp3) is 0.533. The van der Waals surface area contributed by atoms with E-state index in [1.165, 1.54) is 0 Å². The topological polar surface area (TPSA) is 41.6 Å².